The number of allylic oxidation sites excluding steroid dienone is 2. The van der Waals surface area contributed by atoms with Crippen LogP contribution in [-0.4, -0.2) is 35.7 Å². The number of rotatable bonds is 3. The lowest BCUT2D eigenvalue weighted by molar-refractivity contribution is 0.139. The van der Waals surface area contributed by atoms with E-state index >= 15 is 0 Å². The van der Waals surface area contributed by atoms with E-state index in [0.29, 0.717) is 12.6 Å². The molecule has 0 spiro atoms. The first-order valence-electron chi connectivity index (χ1n) is 5.90. The van der Waals surface area contributed by atoms with E-state index in [9.17, 15) is 5.11 Å². The van der Waals surface area contributed by atoms with Crippen LogP contribution in [0.4, 0.5) is 0 Å². The molecule has 2 nitrogen and oxygen atoms in total. The smallest absolute Gasteiger partial charge is 0.0586 e. The van der Waals surface area contributed by atoms with E-state index in [4.69, 9.17) is 0 Å². The second-order valence-corrected chi connectivity index (χ2v) is 4.62. The lowest BCUT2D eigenvalue weighted by Crippen LogP contribution is -2.36. The predicted octanol–water partition coefficient (Wildman–Crippen LogP) is 1.80. The van der Waals surface area contributed by atoms with Crippen molar-refractivity contribution in [1.82, 2.24) is 4.90 Å². The molecule has 14 heavy (non-hydrogen) atoms. The quantitative estimate of drug-likeness (QED) is 0.694. The fourth-order valence-corrected chi connectivity index (χ4v) is 2.70. The van der Waals surface area contributed by atoms with Gasteiger partial charge >= 0.3 is 0 Å². The molecule has 0 aromatic carbocycles. The van der Waals surface area contributed by atoms with Gasteiger partial charge in [-0.2, -0.15) is 0 Å². The van der Waals surface area contributed by atoms with Crippen LogP contribution in [0.1, 0.15) is 32.1 Å². The Bertz CT molecular complexity index is 202. The van der Waals surface area contributed by atoms with Gasteiger partial charge in [0.15, 0.2) is 0 Å². The zero-order valence-electron chi connectivity index (χ0n) is 8.86. The van der Waals surface area contributed by atoms with Gasteiger partial charge in [-0.3, -0.25) is 4.90 Å². The van der Waals surface area contributed by atoms with Gasteiger partial charge in [-0.25, -0.2) is 0 Å². The number of aliphatic hydroxyl groups is 1. The maximum absolute atomic E-state index is 9.21. The normalized spacial score (nSPS) is 33.8. The van der Waals surface area contributed by atoms with Crippen molar-refractivity contribution in [3.05, 3.63) is 12.2 Å². The van der Waals surface area contributed by atoms with Gasteiger partial charge in [0.25, 0.3) is 0 Å². The first-order valence-corrected chi connectivity index (χ1v) is 5.90. The van der Waals surface area contributed by atoms with Crippen LogP contribution < -0.4 is 0 Å². The highest BCUT2D eigenvalue weighted by Crippen LogP contribution is 2.24. The third-order valence-corrected chi connectivity index (χ3v) is 3.58. The minimum atomic E-state index is 0.350. The molecule has 0 aromatic rings. The molecule has 2 atom stereocenters. The minimum absolute atomic E-state index is 0.350. The van der Waals surface area contributed by atoms with Gasteiger partial charge in [0, 0.05) is 12.6 Å². The molecule has 1 heterocycles. The molecule has 2 rings (SSSR count). The van der Waals surface area contributed by atoms with Crippen LogP contribution in [0, 0.1) is 5.92 Å². The number of aliphatic hydroxyl groups excluding tert-OH is 1. The lowest BCUT2D eigenvalue weighted by Gasteiger charge is -2.28. The summed E-state index contributed by atoms with van der Waals surface area (Å²) in [6.45, 7) is 2.75. The van der Waals surface area contributed by atoms with Crippen molar-refractivity contribution in [3.8, 4) is 0 Å². The molecule has 2 aliphatic rings. The standard InChI is InChI=1S/C12H21NO/c14-10-12-7-4-8-13(12)9-11-5-2-1-3-6-11/h1-2,11-12,14H,3-10H2/t11?,12-/m0/s1. The minimum Gasteiger partial charge on any atom is -0.395 e. The summed E-state index contributed by atoms with van der Waals surface area (Å²) in [6, 6.07) is 0.459. The van der Waals surface area contributed by atoms with Crippen molar-refractivity contribution >= 4 is 0 Å². The van der Waals surface area contributed by atoms with Gasteiger partial charge in [-0.15, -0.1) is 0 Å². The monoisotopic (exact) mass is 195 g/mol. The fourth-order valence-electron chi connectivity index (χ4n) is 2.70. The SMILES string of the molecule is OC[C@@H]1CCCN1CC1CC=CCC1. The Morgan fingerprint density at radius 2 is 2.21 bits per heavy atom. The summed E-state index contributed by atoms with van der Waals surface area (Å²) in [5.74, 6) is 0.840. The number of likely N-dealkylation sites (tertiary alicyclic amines) is 1. The molecule has 0 aromatic heterocycles. The van der Waals surface area contributed by atoms with Gasteiger partial charge in [0.1, 0.15) is 0 Å². The first kappa shape index (κ1) is 10.2. The summed E-state index contributed by atoms with van der Waals surface area (Å²) < 4.78 is 0. The molecule has 1 aliphatic carbocycles. The maximum atomic E-state index is 9.21. The molecule has 2 heteroatoms. The Kier molecular flexibility index (Phi) is 3.60. The Labute approximate surface area is 86.6 Å². The second-order valence-electron chi connectivity index (χ2n) is 4.62. The molecule has 1 fully saturated rings. The van der Waals surface area contributed by atoms with Crippen LogP contribution in [0.5, 0.6) is 0 Å². The molecule has 0 radical (unpaired) electrons. The largest absolute Gasteiger partial charge is 0.395 e. The molecule has 0 bridgehead atoms. The Morgan fingerprint density at radius 3 is 2.93 bits per heavy atom. The summed E-state index contributed by atoms with van der Waals surface area (Å²) in [4.78, 5) is 2.49. The highest BCUT2D eigenvalue weighted by atomic mass is 16.3. The van der Waals surface area contributed by atoms with Gasteiger partial charge in [-0.1, -0.05) is 12.2 Å². The summed E-state index contributed by atoms with van der Waals surface area (Å²) in [7, 11) is 0. The van der Waals surface area contributed by atoms with Crippen molar-refractivity contribution in [2.45, 2.75) is 38.1 Å². The van der Waals surface area contributed by atoms with E-state index < -0.39 is 0 Å². The summed E-state index contributed by atoms with van der Waals surface area (Å²) in [6.07, 6.45) is 10.9. The average molecular weight is 195 g/mol. The molecule has 1 saturated heterocycles. The summed E-state index contributed by atoms with van der Waals surface area (Å²) in [5.41, 5.74) is 0. The third-order valence-electron chi connectivity index (χ3n) is 3.58. The van der Waals surface area contributed by atoms with E-state index in [2.05, 4.69) is 17.1 Å². The Balaban J connectivity index is 1.81. The topological polar surface area (TPSA) is 23.5 Å². The number of nitrogens with zero attached hydrogens (tertiary/aromatic N) is 1. The number of hydrogen-bond donors (Lipinski definition) is 1. The maximum Gasteiger partial charge on any atom is 0.0586 e. The van der Waals surface area contributed by atoms with E-state index in [1.54, 1.807) is 0 Å². The summed E-state index contributed by atoms with van der Waals surface area (Å²) in [5, 5.41) is 9.21. The van der Waals surface area contributed by atoms with E-state index in [1.807, 2.05) is 0 Å². The highest BCUT2D eigenvalue weighted by Gasteiger charge is 2.25. The van der Waals surface area contributed by atoms with Crippen LogP contribution in [0.3, 0.4) is 0 Å². The second kappa shape index (κ2) is 4.94. The van der Waals surface area contributed by atoms with Crippen LogP contribution in [0.25, 0.3) is 0 Å². The first-order chi connectivity index (χ1) is 6.90. The van der Waals surface area contributed by atoms with Gasteiger partial charge in [0.2, 0.25) is 0 Å². The fraction of sp³-hybridized carbons (Fsp3) is 0.833. The zero-order chi connectivity index (χ0) is 9.80. The molecule has 1 N–H and O–H groups in total. The molecule has 0 saturated carbocycles. The third kappa shape index (κ3) is 2.37. The van der Waals surface area contributed by atoms with Crippen LogP contribution >= 0.6 is 0 Å². The predicted molar refractivity (Wildman–Crippen MR) is 58.2 cm³/mol. The van der Waals surface area contributed by atoms with Gasteiger partial charge < -0.3 is 5.11 Å². The lowest BCUT2D eigenvalue weighted by atomic mass is 9.94. The molecule has 1 unspecified atom stereocenters. The Hall–Kier alpha value is -0.340. The number of hydrogen-bond acceptors (Lipinski definition) is 2. The van der Waals surface area contributed by atoms with Gasteiger partial charge in [-0.05, 0) is 44.6 Å². The van der Waals surface area contributed by atoms with Crippen molar-refractivity contribution in [1.29, 1.82) is 0 Å². The molecular weight excluding hydrogens is 174 g/mol. The highest BCUT2D eigenvalue weighted by molar-refractivity contribution is 4.92. The zero-order valence-corrected chi connectivity index (χ0v) is 8.86. The Morgan fingerprint density at radius 1 is 1.29 bits per heavy atom. The van der Waals surface area contributed by atoms with Crippen LogP contribution in [0.15, 0.2) is 12.2 Å². The van der Waals surface area contributed by atoms with E-state index in [1.165, 1.54) is 45.2 Å². The molecule has 1 aliphatic heterocycles. The van der Waals surface area contributed by atoms with Crippen LogP contribution in [0.2, 0.25) is 0 Å². The van der Waals surface area contributed by atoms with E-state index in [0.717, 1.165) is 5.92 Å². The van der Waals surface area contributed by atoms with Crippen molar-refractivity contribution in [2.75, 3.05) is 19.7 Å². The van der Waals surface area contributed by atoms with Crippen molar-refractivity contribution in [2.24, 2.45) is 5.92 Å². The molecule has 0 amide bonds. The molecule has 80 valence electrons. The van der Waals surface area contributed by atoms with Crippen LogP contribution in [-0.2, 0) is 0 Å². The van der Waals surface area contributed by atoms with Gasteiger partial charge in [0.05, 0.1) is 6.61 Å². The van der Waals surface area contributed by atoms with E-state index in [-0.39, 0.29) is 0 Å². The summed E-state index contributed by atoms with van der Waals surface area (Å²) >= 11 is 0. The van der Waals surface area contributed by atoms with Crippen molar-refractivity contribution in [3.63, 3.8) is 0 Å². The molecular formula is C12H21NO. The van der Waals surface area contributed by atoms with Crippen molar-refractivity contribution < 1.29 is 5.11 Å². The average Bonchev–Trinajstić information content (AvgIpc) is 2.67.